The van der Waals surface area contributed by atoms with E-state index in [0.29, 0.717) is 15.2 Å². The molecule has 3 N–H and O–H groups in total. The Morgan fingerprint density at radius 1 is 1.33 bits per heavy atom. The van der Waals surface area contributed by atoms with Crippen LogP contribution in [0.5, 0.6) is 0 Å². The first-order valence-corrected chi connectivity index (χ1v) is 8.24. The Morgan fingerprint density at radius 2 is 2.06 bits per heavy atom. The fourth-order valence-corrected chi connectivity index (χ4v) is 4.87. The fourth-order valence-electron chi connectivity index (χ4n) is 1.28. The maximum atomic E-state index is 12.1. The van der Waals surface area contributed by atoms with Gasteiger partial charge in [-0.25, -0.2) is 8.42 Å². The fraction of sp³-hybridized carbons (Fsp3) is 0. The van der Waals surface area contributed by atoms with E-state index < -0.39 is 10.0 Å². The number of rotatable bonds is 3. The Morgan fingerprint density at radius 3 is 2.67 bits per heavy atom. The number of hydrogen-bond donors (Lipinski definition) is 2. The van der Waals surface area contributed by atoms with Crippen molar-refractivity contribution in [3.8, 4) is 0 Å². The molecule has 0 unspecified atom stereocenters. The summed E-state index contributed by atoms with van der Waals surface area (Å²) in [4.78, 5) is 0. The number of nitrogens with one attached hydrogen (secondary N) is 1. The van der Waals surface area contributed by atoms with Crippen LogP contribution >= 0.6 is 38.9 Å². The molecular weight excluding hydrogens is 360 g/mol. The van der Waals surface area contributed by atoms with Crippen molar-refractivity contribution in [2.45, 2.75) is 4.21 Å². The van der Waals surface area contributed by atoms with E-state index in [1.165, 1.54) is 6.07 Å². The first kappa shape index (κ1) is 13.7. The first-order chi connectivity index (χ1) is 8.40. The summed E-state index contributed by atoms with van der Waals surface area (Å²) in [5.41, 5.74) is 6.28. The highest BCUT2D eigenvalue weighted by Crippen LogP contribution is 2.31. The molecule has 2 aromatic rings. The van der Waals surface area contributed by atoms with Gasteiger partial charge in [-0.3, -0.25) is 4.72 Å². The van der Waals surface area contributed by atoms with E-state index in [2.05, 4.69) is 20.7 Å². The molecule has 0 aliphatic heterocycles. The monoisotopic (exact) mass is 366 g/mol. The lowest BCUT2D eigenvalue weighted by Crippen LogP contribution is -2.13. The summed E-state index contributed by atoms with van der Waals surface area (Å²) in [6.45, 7) is 0. The van der Waals surface area contributed by atoms with E-state index in [0.717, 1.165) is 11.3 Å². The van der Waals surface area contributed by atoms with Gasteiger partial charge in [0.1, 0.15) is 0 Å². The lowest BCUT2D eigenvalue weighted by molar-refractivity contribution is 0.603. The minimum atomic E-state index is -3.66. The standard InChI is InChI=1S/C10H8BrClN2O2S2/c11-7-3-4-17-10(7)18(15,16)14-9-5-6(12)1-2-8(9)13/h1-5,14H,13H2. The van der Waals surface area contributed by atoms with Crippen molar-refractivity contribution >= 4 is 60.3 Å². The molecule has 0 bridgehead atoms. The zero-order chi connectivity index (χ0) is 13.3. The van der Waals surface area contributed by atoms with Gasteiger partial charge in [0, 0.05) is 9.50 Å². The smallest absolute Gasteiger partial charge is 0.272 e. The summed E-state index contributed by atoms with van der Waals surface area (Å²) in [6, 6.07) is 6.27. The third-order valence-electron chi connectivity index (χ3n) is 2.09. The van der Waals surface area contributed by atoms with Gasteiger partial charge in [0.05, 0.1) is 11.4 Å². The molecule has 4 nitrogen and oxygen atoms in total. The molecule has 0 saturated heterocycles. The topological polar surface area (TPSA) is 72.2 Å². The molecular formula is C10H8BrClN2O2S2. The van der Waals surface area contributed by atoms with Crippen LogP contribution in [0.1, 0.15) is 0 Å². The molecule has 0 atom stereocenters. The van der Waals surface area contributed by atoms with E-state index in [1.54, 1.807) is 23.6 Å². The van der Waals surface area contributed by atoms with Gasteiger partial charge in [0.25, 0.3) is 10.0 Å². The molecule has 1 aromatic carbocycles. The van der Waals surface area contributed by atoms with E-state index in [1.807, 2.05) is 0 Å². The van der Waals surface area contributed by atoms with Crippen molar-refractivity contribution < 1.29 is 8.42 Å². The summed E-state index contributed by atoms with van der Waals surface area (Å²) in [5.74, 6) is 0. The minimum Gasteiger partial charge on any atom is -0.397 e. The van der Waals surface area contributed by atoms with Crippen LogP contribution in [0, 0.1) is 0 Å². The van der Waals surface area contributed by atoms with Crippen LogP contribution in [-0.2, 0) is 10.0 Å². The minimum absolute atomic E-state index is 0.196. The summed E-state index contributed by atoms with van der Waals surface area (Å²) in [7, 11) is -3.66. The van der Waals surface area contributed by atoms with Crippen LogP contribution in [0.3, 0.4) is 0 Å². The average molecular weight is 368 g/mol. The number of anilines is 2. The Labute approximate surface area is 122 Å². The summed E-state index contributed by atoms with van der Waals surface area (Å²) in [6.07, 6.45) is 0. The van der Waals surface area contributed by atoms with Gasteiger partial charge < -0.3 is 5.73 Å². The van der Waals surface area contributed by atoms with E-state index in [9.17, 15) is 8.42 Å². The van der Waals surface area contributed by atoms with E-state index in [-0.39, 0.29) is 9.90 Å². The van der Waals surface area contributed by atoms with Crippen molar-refractivity contribution in [3.63, 3.8) is 0 Å². The number of sulfonamides is 1. The van der Waals surface area contributed by atoms with Crippen LogP contribution in [-0.4, -0.2) is 8.42 Å². The SMILES string of the molecule is Nc1ccc(Cl)cc1NS(=O)(=O)c1sccc1Br. The maximum absolute atomic E-state index is 12.1. The number of benzene rings is 1. The van der Waals surface area contributed by atoms with Crippen molar-refractivity contribution in [3.05, 3.63) is 39.1 Å². The van der Waals surface area contributed by atoms with Gasteiger partial charge in [-0.15, -0.1) is 11.3 Å². The molecule has 0 aliphatic carbocycles. The quantitative estimate of drug-likeness (QED) is 0.815. The molecule has 0 spiro atoms. The molecule has 0 amide bonds. The highest BCUT2D eigenvalue weighted by atomic mass is 79.9. The molecule has 0 radical (unpaired) electrons. The average Bonchev–Trinajstić information content (AvgIpc) is 2.70. The van der Waals surface area contributed by atoms with Crippen LogP contribution in [0.25, 0.3) is 0 Å². The van der Waals surface area contributed by atoms with Crippen LogP contribution in [0.15, 0.2) is 38.3 Å². The lowest BCUT2D eigenvalue weighted by Gasteiger charge is -2.09. The van der Waals surface area contributed by atoms with Crippen molar-refractivity contribution in [2.24, 2.45) is 0 Å². The lowest BCUT2D eigenvalue weighted by atomic mass is 10.3. The molecule has 1 heterocycles. The number of hydrogen-bond acceptors (Lipinski definition) is 4. The Bertz CT molecular complexity index is 685. The zero-order valence-electron chi connectivity index (χ0n) is 8.85. The second-order valence-electron chi connectivity index (χ2n) is 3.39. The zero-order valence-corrected chi connectivity index (χ0v) is 12.8. The van der Waals surface area contributed by atoms with Gasteiger partial charge in [-0.2, -0.15) is 0 Å². The molecule has 18 heavy (non-hydrogen) atoms. The predicted molar refractivity (Wildman–Crippen MR) is 78.7 cm³/mol. The molecule has 0 aliphatic rings. The van der Waals surface area contributed by atoms with Gasteiger partial charge in [-0.05, 0) is 45.6 Å². The highest BCUT2D eigenvalue weighted by Gasteiger charge is 2.20. The van der Waals surface area contributed by atoms with Crippen LogP contribution in [0.4, 0.5) is 11.4 Å². The molecule has 96 valence electrons. The molecule has 0 saturated carbocycles. The normalized spacial score (nSPS) is 11.4. The predicted octanol–water partition coefficient (Wildman–Crippen LogP) is 3.55. The summed E-state index contributed by atoms with van der Waals surface area (Å²) >= 11 is 10.1. The van der Waals surface area contributed by atoms with Crippen molar-refractivity contribution in [1.29, 1.82) is 0 Å². The Hall–Kier alpha value is -0.760. The van der Waals surface area contributed by atoms with Crippen LogP contribution < -0.4 is 10.5 Å². The van der Waals surface area contributed by atoms with Crippen LogP contribution in [0.2, 0.25) is 5.02 Å². The van der Waals surface area contributed by atoms with Gasteiger partial charge >= 0.3 is 0 Å². The Kier molecular flexibility index (Phi) is 3.86. The number of nitrogens with two attached hydrogens (primary N) is 1. The second kappa shape index (κ2) is 5.08. The van der Waals surface area contributed by atoms with Crippen molar-refractivity contribution in [2.75, 3.05) is 10.5 Å². The molecule has 2 rings (SSSR count). The van der Waals surface area contributed by atoms with Crippen molar-refractivity contribution in [1.82, 2.24) is 0 Å². The largest absolute Gasteiger partial charge is 0.397 e. The third-order valence-corrected chi connectivity index (χ3v) is 6.36. The van der Waals surface area contributed by atoms with E-state index >= 15 is 0 Å². The highest BCUT2D eigenvalue weighted by molar-refractivity contribution is 9.10. The van der Waals surface area contributed by atoms with E-state index in [4.69, 9.17) is 17.3 Å². The number of thiophene rings is 1. The summed E-state index contributed by atoms with van der Waals surface area (Å²) in [5, 5.41) is 2.09. The Balaban J connectivity index is 2.40. The molecule has 1 aromatic heterocycles. The summed E-state index contributed by atoms with van der Waals surface area (Å²) < 4.78 is 27.4. The van der Waals surface area contributed by atoms with Gasteiger partial charge in [-0.1, -0.05) is 11.6 Å². The number of halogens is 2. The molecule has 8 heteroatoms. The van der Waals surface area contributed by atoms with Gasteiger partial charge in [0.2, 0.25) is 0 Å². The second-order valence-corrected chi connectivity index (χ2v) is 7.48. The van der Waals surface area contributed by atoms with Gasteiger partial charge in [0.15, 0.2) is 4.21 Å². The first-order valence-electron chi connectivity index (χ1n) is 4.71. The third kappa shape index (κ3) is 2.80. The maximum Gasteiger partial charge on any atom is 0.272 e. The molecule has 0 fully saturated rings. The number of nitrogen functional groups attached to an aromatic ring is 1.